The highest BCUT2D eigenvalue weighted by atomic mass is 32.2. The summed E-state index contributed by atoms with van der Waals surface area (Å²) in [6.07, 6.45) is 1.60. The number of anilines is 5. The molecule has 5 aromatic rings. The van der Waals surface area contributed by atoms with Crippen LogP contribution < -0.4 is 24.4 Å². The van der Waals surface area contributed by atoms with Crippen LogP contribution in [0.4, 0.5) is 28.7 Å². The lowest BCUT2D eigenvalue weighted by Crippen LogP contribution is -2.19. The molecule has 0 saturated carbocycles. The molecule has 2 heterocycles. The van der Waals surface area contributed by atoms with E-state index >= 15 is 0 Å². The van der Waals surface area contributed by atoms with Crippen LogP contribution in [0.2, 0.25) is 0 Å². The summed E-state index contributed by atoms with van der Waals surface area (Å²) in [4.78, 5) is 26.4. The van der Waals surface area contributed by atoms with E-state index in [9.17, 15) is 13.2 Å². The molecule has 0 bridgehead atoms. The number of nitrogens with zero attached hydrogens (tertiary/aromatic N) is 4. The number of pyridine rings is 1. The minimum Gasteiger partial charge on any atom is -0.497 e. The lowest BCUT2D eigenvalue weighted by atomic mass is 10.2. The zero-order valence-corrected chi connectivity index (χ0v) is 23.3. The number of amides is 1. The fourth-order valence-electron chi connectivity index (χ4n) is 4.17. The SMILES string of the molecule is COc1cc(Nc2nc3ccccc3nc2N(c2cccc(NC(=O)c3cccnc3C)c2)[SH](=O)=O)cc(OC)c1. The van der Waals surface area contributed by atoms with Gasteiger partial charge in [-0.05, 0) is 49.4 Å². The standard InChI is InChI=1S/C29H26N6O5S/c1-18-24(10-7-13-30-18)29(36)32-19-8-6-9-21(14-19)35(41(37)38)28-27(33-25-11-4-5-12-26(25)34-28)31-20-15-22(39-2)17-23(16-20)40-3/h4-17,41H,1-3H3,(H,31,33)(H,32,36). The monoisotopic (exact) mass is 570 g/mol. The van der Waals surface area contributed by atoms with E-state index in [1.807, 2.05) is 6.07 Å². The number of ether oxygens (including phenoxy) is 2. The van der Waals surface area contributed by atoms with Crippen molar-refractivity contribution in [2.24, 2.45) is 0 Å². The second-order valence-electron chi connectivity index (χ2n) is 8.80. The van der Waals surface area contributed by atoms with Gasteiger partial charge in [-0.15, -0.1) is 0 Å². The van der Waals surface area contributed by atoms with Gasteiger partial charge in [0.05, 0.1) is 36.5 Å². The van der Waals surface area contributed by atoms with Gasteiger partial charge in [-0.2, -0.15) is 0 Å². The number of fused-ring (bicyclic) bond motifs is 1. The molecule has 2 aromatic heterocycles. The maximum absolute atomic E-state index is 12.9. The molecule has 5 rings (SSSR count). The van der Waals surface area contributed by atoms with Crippen LogP contribution >= 0.6 is 0 Å². The average molecular weight is 571 g/mol. The van der Waals surface area contributed by atoms with Crippen LogP contribution in [0.25, 0.3) is 11.0 Å². The van der Waals surface area contributed by atoms with Crippen LogP contribution in [0.5, 0.6) is 11.5 Å². The van der Waals surface area contributed by atoms with Crippen molar-refractivity contribution in [2.75, 3.05) is 29.2 Å². The van der Waals surface area contributed by atoms with E-state index in [-0.39, 0.29) is 23.2 Å². The van der Waals surface area contributed by atoms with Crippen LogP contribution in [0.1, 0.15) is 16.1 Å². The fourth-order valence-corrected chi connectivity index (χ4v) is 4.78. The number of carbonyl (C=O) groups is 1. The normalized spacial score (nSPS) is 10.8. The topological polar surface area (TPSA) is 136 Å². The minimum absolute atomic E-state index is 0.0354. The third kappa shape index (κ3) is 6.02. The van der Waals surface area contributed by atoms with Gasteiger partial charge in [0.2, 0.25) is 10.9 Å². The van der Waals surface area contributed by atoms with Gasteiger partial charge in [-0.3, -0.25) is 9.78 Å². The number of aromatic nitrogens is 3. The number of methoxy groups -OCH3 is 2. The van der Waals surface area contributed by atoms with E-state index in [1.54, 1.807) is 85.9 Å². The third-order valence-electron chi connectivity index (χ3n) is 6.13. The van der Waals surface area contributed by atoms with E-state index < -0.39 is 10.9 Å². The summed E-state index contributed by atoms with van der Waals surface area (Å²) >= 11 is 0. The van der Waals surface area contributed by atoms with Gasteiger partial charge in [0.25, 0.3) is 5.91 Å². The quantitative estimate of drug-likeness (QED) is 0.209. The van der Waals surface area contributed by atoms with Crippen LogP contribution in [0.15, 0.2) is 85.1 Å². The van der Waals surface area contributed by atoms with Crippen molar-refractivity contribution < 1.29 is 22.7 Å². The molecule has 0 aliphatic rings. The van der Waals surface area contributed by atoms with E-state index in [0.717, 1.165) is 4.31 Å². The molecule has 12 heteroatoms. The van der Waals surface area contributed by atoms with Crippen molar-refractivity contribution in [1.82, 2.24) is 15.0 Å². The van der Waals surface area contributed by atoms with Gasteiger partial charge in [-0.1, -0.05) is 18.2 Å². The molecule has 0 spiro atoms. The molecular weight excluding hydrogens is 544 g/mol. The average Bonchev–Trinajstić information content (AvgIpc) is 2.97. The number of hydrogen-bond donors (Lipinski definition) is 3. The summed E-state index contributed by atoms with van der Waals surface area (Å²) in [6, 6.07) is 22.1. The predicted octanol–water partition coefficient (Wildman–Crippen LogP) is 5.01. The van der Waals surface area contributed by atoms with Gasteiger partial charge in [0, 0.05) is 41.5 Å². The van der Waals surface area contributed by atoms with Crippen LogP contribution in [-0.4, -0.2) is 43.5 Å². The summed E-state index contributed by atoms with van der Waals surface area (Å²) < 4.78 is 37.3. The first-order valence-corrected chi connectivity index (χ1v) is 13.5. The molecule has 0 unspecified atom stereocenters. The lowest BCUT2D eigenvalue weighted by molar-refractivity contribution is 0.102. The van der Waals surface area contributed by atoms with E-state index in [4.69, 9.17) is 9.47 Å². The zero-order chi connectivity index (χ0) is 28.9. The van der Waals surface area contributed by atoms with Crippen molar-refractivity contribution >= 4 is 56.5 Å². The molecule has 0 aliphatic carbocycles. The number of benzene rings is 3. The molecule has 0 atom stereocenters. The summed E-state index contributed by atoms with van der Waals surface area (Å²) in [5.41, 5.74) is 3.21. The second-order valence-corrected chi connectivity index (χ2v) is 9.68. The van der Waals surface area contributed by atoms with Crippen molar-refractivity contribution in [3.05, 3.63) is 96.3 Å². The number of rotatable bonds is 9. The van der Waals surface area contributed by atoms with Crippen molar-refractivity contribution in [1.29, 1.82) is 0 Å². The minimum atomic E-state index is -3.24. The maximum atomic E-state index is 12.9. The lowest BCUT2D eigenvalue weighted by Gasteiger charge is -2.21. The van der Waals surface area contributed by atoms with Crippen molar-refractivity contribution in [2.45, 2.75) is 6.92 Å². The molecular formula is C29H26N6O5S. The highest BCUT2D eigenvalue weighted by Gasteiger charge is 2.22. The molecule has 11 nitrogen and oxygen atoms in total. The molecule has 0 aliphatic heterocycles. The Bertz CT molecular complexity index is 1800. The Kier molecular flexibility index (Phi) is 7.92. The summed E-state index contributed by atoms with van der Waals surface area (Å²) in [5.74, 6) is 0.903. The largest absolute Gasteiger partial charge is 0.497 e. The smallest absolute Gasteiger partial charge is 0.257 e. The highest BCUT2D eigenvalue weighted by Crippen LogP contribution is 2.35. The number of para-hydroxylation sites is 2. The van der Waals surface area contributed by atoms with Crippen LogP contribution in [0.3, 0.4) is 0 Å². The van der Waals surface area contributed by atoms with Gasteiger partial charge < -0.3 is 20.1 Å². The molecule has 3 aromatic carbocycles. The van der Waals surface area contributed by atoms with Gasteiger partial charge in [-0.25, -0.2) is 22.7 Å². The van der Waals surface area contributed by atoms with Gasteiger partial charge in [0.15, 0.2) is 11.6 Å². The maximum Gasteiger partial charge on any atom is 0.257 e. The van der Waals surface area contributed by atoms with E-state index in [1.165, 1.54) is 14.2 Å². The van der Waals surface area contributed by atoms with Crippen molar-refractivity contribution in [3.8, 4) is 11.5 Å². The number of aryl methyl sites for hydroxylation is 1. The Labute approximate surface area is 237 Å². The summed E-state index contributed by atoms with van der Waals surface area (Å²) in [6.45, 7) is 1.74. The molecule has 41 heavy (non-hydrogen) atoms. The Hall–Kier alpha value is -5.23. The first kappa shape index (κ1) is 27.3. The molecule has 0 radical (unpaired) electrons. The molecule has 2 N–H and O–H groups in total. The predicted molar refractivity (Wildman–Crippen MR) is 158 cm³/mol. The number of carbonyl (C=O) groups excluding carboxylic acids is 1. The second kappa shape index (κ2) is 11.9. The summed E-state index contributed by atoms with van der Waals surface area (Å²) in [7, 11) is -0.179. The number of nitrogens with one attached hydrogen (secondary N) is 2. The van der Waals surface area contributed by atoms with E-state index in [0.29, 0.717) is 45.2 Å². The first-order valence-electron chi connectivity index (χ1n) is 12.4. The number of thiol groups is 1. The van der Waals surface area contributed by atoms with E-state index in [2.05, 4.69) is 25.6 Å². The Morgan fingerprint density at radius 1 is 0.829 bits per heavy atom. The van der Waals surface area contributed by atoms with Gasteiger partial charge >= 0.3 is 0 Å². The zero-order valence-electron chi connectivity index (χ0n) is 22.4. The van der Waals surface area contributed by atoms with Gasteiger partial charge in [0.1, 0.15) is 11.5 Å². The first-order chi connectivity index (χ1) is 19.9. The van der Waals surface area contributed by atoms with Crippen LogP contribution in [0, 0.1) is 6.92 Å². The fraction of sp³-hybridized carbons (Fsp3) is 0.103. The summed E-state index contributed by atoms with van der Waals surface area (Å²) in [5, 5.41) is 5.99. The Balaban J connectivity index is 1.58. The van der Waals surface area contributed by atoms with Crippen LogP contribution in [-0.2, 0) is 10.9 Å². The number of hydrogen-bond acceptors (Lipinski definition) is 9. The van der Waals surface area contributed by atoms with Crippen molar-refractivity contribution in [3.63, 3.8) is 0 Å². The molecule has 1 amide bonds. The molecule has 208 valence electrons. The Morgan fingerprint density at radius 3 is 2.20 bits per heavy atom. The highest BCUT2D eigenvalue weighted by molar-refractivity contribution is 7.74. The third-order valence-corrected chi connectivity index (χ3v) is 6.88. The molecule has 0 fully saturated rings. The molecule has 0 saturated heterocycles. The Morgan fingerprint density at radius 2 is 1.54 bits per heavy atom.